The van der Waals surface area contributed by atoms with Gasteiger partial charge in [0, 0.05) is 32.7 Å². The maximum Gasteiger partial charge on any atom is 0.239 e. The largest absolute Gasteiger partial charge is 0.395 e. The third kappa shape index (κ3) is 3.67. The predicted molar refractivity (Wildman–Crippen MR) is 70.4 cm³/mol. The van der Waals surface area contributed by atoms with Crippen molar-refractivity contribution in [2.75, 3.05) is 45.9 Å². The second-order valence-electron chi connectivity index (χ2n) is 5.25. The molecule has 2 saturated heterocycles. The summed E-state index contributed by atoms with van der Waals surface area (Å²) in [4.78, 5) is 16.6. The number of amides is 1. The number of aliphatic hydroxyl groups excluding tert-OH is 1. The molecule has 2 N–H and O–H groups in total. The molecule has 0 aromatic carbocycles. The van der Waals surface area contributed by atoms with E-state index in [1.807, 2.05) is 4.90 Å². The van der Waals surface area contributed by atoms with E-state index in [1.165, 1.54) is 12.8 Å². The SMILES string of the molecule is O=C(C1CCCCCN1)N1CCN(CCO)CC1. The molecule has 0 radical (unpaired) electrons. The Morgan fingerprint density at radius 2 is 1.94 bits per heavy atom. The summed E-state index contributed by atoms with van der Waals surface area (Å²) in [5.41, 5.74) is 0. The van der Waals surface area contributed by atoms with Crippen LogP contribution in [0, 0.1) is 0 Å². The predicted octanol–water partition coefficient (Wildman–Crippen LogP) is -0.345. The Morgan fingerprint density at radius 1 is 1.17 bits per heavy atom. The van der Waals surface area contributed by atoms with Crippen molar-refractivity contribution in [1.29, 1.82) is 0 Å². The van der Waals surface area contributed by atoms with Crippen molar-refractivity contribution in [2.45, 2.75) is 31.7 Å². The highest BCUT2D eigenvalue weighted by Gasteiger charge is 2.27. The first-order valence-electron chi connectivity index (χ1n) is 7.16. The van der Waals surface area contributed by atoms with E-state index in [1.54, 1.807) is 0 Å². The van der Waals surface area contributed by atoms with Crippen LogP contribution in [-0.2, 0) is 4.79 Å². The lowest BCUT2D eigenvalue weighted by Gasteiger charge is -2.36. The van der Waals surface area contributed by atoms with E-state index in [9.17, 15) is 4.79 Å². The smallest absolute Gasteiger partial charge is 0.239 e. The summed E-state index contributed by atoms with van der Waals surface area (Å²) in [7, 11) is 0. The minimum Gasteiger partial charge on any atom is -0.395 e. The molecule has 0 bridgehead atoms. The van der Waals surface area contributed by atoms with E-state index < -0.39 is 0 Å². The summed E-state index contributed by atoms with van der Waals surface area (Å²) in [5, 5.41) is 12.3. The summed E-state index contributed by atoms with van der Waals surface area (Å²) in [6.07, 6.45) is 4.57. The van der Waals surface area contributed by atoms with E-state index >= 15 is 0 Å². The highest BCUT2D eigenvalue weighted by atomic mass is 16.3. The van der Waals surface area contributed by atoms with Gasteiger partial charge in [-0.1, -0.05) is 12.8 Å². The fourth-order valence-electron chi connectivity index (χ4n) is 2.79. The van der Waals surface area contributed by atoms with Gasteiger partial charge in [-0.2, -0.15) is 0 Å². The Labute approximate surface area is 109 Å². The Hall–Kier alpha value is -0.650. The van der Waals surface area contributed by atoms with Gasteiger partial charge in [0.2, 0.25) is 5.91 Å². The Kier molecular flexibility index (Phi) is 5.41. The van der Waals surface area contributed by atoms with E-state index in [4.69, 9.17) is 5.11 Å². The van der Waals surface area contributed by atoms with Crippen LogP contribution < -0.4 is 5.32 Å². The summed E-state index contributed by atoms with van der Waals surface area (Å²) in [6, 6.07) is 0.0388. The number of hydrogen-bond acceptors (Lipinski definition) is 4. The number of piperazine rings is 1. The van der Waals surface area contributed by atoms with Gasteiger partial charge in [0.15, 0.2) is 0 Å². The van der Waals surface area contributed by atoms with E-state index in [0.29, 0.717) is 0 Å². The normalized spacial score (nSPS) is 26.9. The first kappa shape index (κ1) is 13.8. The lowest BCUT2D eigenvalue weighted by Crippen LogP contribution is -2.54. The van der Waals surface area contributed by atoms with E-state index in [-0.39, 0.29) is 18.6 Å². The summed E-state index contributed by atoms with van der Waals surface area (Å²) in [5.74, 6) is 0.278. The van der Waals surface area contributed by atoms with Gasteiger partial charge in [-0.3, -0.25) is 9.69 Å². The van der Waals surface area contributed by atoms with Crippen LogP contribution in [-0.4, -0.2) is 72.7 Å². The average molecular weight is 255 g/mol. The van der Waals surface area contributed by atoms with Crippen molar-refractivity contribution in [2.24, 2.45) is 0 Å². The molecular formula is C13H25N3O2. The van der Waals surface area contributed by atoms with Gasteiger partial charge in [-0.15, -0.1) is 0 Å². The highest BCUT2D eigenvalue weighted by Crippen LogP contribution is 2.12. The molecule has 1 atom stereocenters. The molecule has 0 aromatic heterocycles. The van der Waals surface area contributed by atoms with E-state index in [0.717, 1.165) is 52.1 Å². The maximum atomic E-state index is 12.4. The lowest BCUT2D eigenvalue weighted by atomic mass is 10.1. The number of nitrogens with zero attached hydrogens (tertiary/aromatic N) is 2. The minimum absolute atomic E-state index is 0.0388. The van der Waals surface area contributed by atoms with Crippen molar-refractivity contribution in [3.8, 4) is 0 Å². The van der Waals surface area contributed by atoms with Crippen LogP contribution in [0.4, 0.5) is 0 Å². The molecule has 104 valence electrons. The van der Waals surface area contributed by atoms with Gasteiger partial charge in [0.05, 0.1) is 12.6 Å². The van der Waals surface area contributed by atoms with Crippen LogP contribution in [0.25, 0.3) is 0 Å². The quantitative estimate of drug-likeness (QED) is 0.724. The van der Waals surface area contributed by atoms with Crippen LogP contribution in [0.5, 0.6) is 0 Å². The molecular weight excluding hydrogens is 230 g/mol. The zero-order valence-corrected chi connectivity index (χ0v) is 11.1. The monoisotopic (exact) mass is 255 g/mol. The van der Waals surface area contributed by atoms with Crippen molar-refractivity contribution in [3.05, 3.63) is 0 Å². The molecule has 18 heavy (non-hydrogen) atoms. The molecule has 2 heterocycles. The Bertz CT molecular complexity index is 257. The number of carbonyl (C=O) groups is 1. The first-order valence-corrected chi connectivity index (χ1v) is 7.16. The van der Waals surface area contributed by atoms with Gasteiger partial charge >= 0.3 is 0 Å². The van der Waals surface area contributed by atoms with Gasteiger partial charge in [-0.05, 0) is 19.4 Å². The zero-order chi connectivity index (χ0) is 12.8. The molecule has 0 aromatic rings. The molecule has 1 amide bonds. The fraction of sp³-hybridized carbons (Fsp3) is 0.923. The minimum atomic E-state index is 0.0388. The number of aliphatic hydroxyl groups is 1. The standard InChI is InChI=1S/C13H25N3O2/c17-11-10-15-6-8-16(9-7-15)13(18)12-4-2-1-3-5-14-12/h12,14,17H,1-11H2. The molecule has 2 aliphatic rings. The third-order valence-corrected chi connectivity index (χ3v) is 3.96. The second kappa shape index (κ2) is 7.07. The first-order chi connectivity index (χ1) is 8.81. The molecule has 1 unspecified atom stereocenters. The molecule has 0 saturated carbocycles. The summed E-state index contributed by atoms with van der Waals surface area (Å²) >= 11 is 0. The highest BCUT2D eigenvalue weighted by molar-refractivity contribution is 5.82. The maximum absolute atomic E-state index is 12.4. The van der Waals surface area contributed by atoms with Crippen molar-refractivity contribution >= 4 is 5.91 Å². The van der Waals surface area contributed by atoms with Crippen LogP contribution in [0.15, 0.2) is 0 Å². The van der Waals surface area contributed by atoms with Gasteiger partial charge in [-0.25, -0.2) is 0 Å². The van der Waals surface area contributed by atoms with Crippen LogP contribution in [0.1, 0.15) is 25.7 Å². The Morgan fingerprint density at radius 3 is 2.67 bits per heavy atom. The number of nitrogens with one attached hydrogen (secondary N) is 1. The number of carbonyl (C=O) groups excluding carboxylic acids is 1. The zero-order valence-electron chi connectivity index (χ0n) is 11.1. The molecule has 2 rings (SSSR count). The number of β-amino-alcohol motifs (C(OH)–C–C–N with tert-alkyl or cyclic N) is 1. The molecule has 2 fully saturated rings. The summed E-state index contributed by atoms with van der Waals surface area (Å²) in [6.45, 7) is 5.29. The van der Waals surface area contributed by atoms with E-state index in [2.05, 4.69) is 10.2 Å². The van der Waals surface area contributed by atoms with Crippen LogP contribution in [0.2, 0.25) is 0 Å². The average Bonchev–Trinajstić information content (AvgIpc) is 2.68. The second-order valence-corrected chi connectivity index (χ2v) is 5.25. The molecule has 2 aliphatic heterocycles. The van der Waals surface area contributed by atoms with Crippen LogP contribution in [0.3, 0.4) is 0 Å². The van der Waals surface area contributed by atoms with Crippen LogP contribution >= 0.6 is 0 Å². The van der Waals surface area contributed by atoms with Gasteiger partial charge < -0.3 is 15.3 Å². The summed E-state index contributed by atoms with van der Waals surface area (Å²) < 4.78 is 0. The van der Waals surface area contributed by atoms with Crippen molar-refractivity contribution in [1.82, 2.24) is 15.1 Å². The van der Waals surface area contributed by atoms with Gasteiger partial charge in [0.1, 0.15) is 0 Å². The molecule has 0 aliphatic carbocycles. The van der Waals surface area contributed by atoms with Crippen molar-refractivity contribution < 1.29 is 9.90 Å². The van der Waals surface area contributed by atoms with Crippen molar-refractivity contribution in [3.63, 3.8) is 0 Å². The third-order valence-electron chi connectivity index (χ3n) is 3.96. The molecule has 0 spiro atoms. The number of rotatable bonds is 3. The number of hydrogen-bond donors (Lipinski definition) is 2. The topological polar surface area (TPSA) is 55.8 Å². The van der Waals surface area contributed by atoms with Gasteiger partial charge in [0.25, 0.3) is 0 Å². The fourth-order valence-corrected chi connectivity index (χ4v) is 2.79. The lowest BCUT2D eigenvalue weighted by molar-refractivity contribution is -0.135. The molecule has 5 heteroatoms. The Balaban J connectivity index is 1.79. The molecule has 5 nitrogen and oxygen atoms in total.